The van der Waals surface area contributed by atoms with Crippen LogP contribution in [-0.2, 0) is 6.54 Å². The molecule has 0 aliphatic heterocycles. The van der Waals surface area contributed by atoms with Crippen LogP contribution in [0.1, 0.15) is 31.7 Å². The molecule has 1 aromatic rings. The van der Waals surface area contributed by atoms with Crippen LogP contribution in [0.5, 0.6) is 5.75 Å². The van der Waals surface area contributed by atoms with Gasteiger partial charge in [0.1, 0.15) is 12.4 Å². The maximum atomic E-state index is 6.23. The Hall–Kier alpha value is -0.700. The van der Waals surface area contributed by atoms with Gasteiger partial charge >= 0.3 is 0 Å². The van der Waals surface area contributed by atoms with Crippen molar-refractivity contribution in [2.45, 2.75) is 38.8 Å². The van der Waals surface area contributed by atoms with Crippen LogP contribution < -0.4 is 10.1 Å². The number of halogens is 2. The summed E-state index contributed by atoms with van der Waals surface area (Å²) in [5.41, 5.74) is 2.06. The Morgan fingerprint density at radius 2 is 2.16 bits per heavy atom. The predicted octanol–water partition coefficient (Wildman–Crippen LogP) is 4.59. The highest BCUT2D eigenvalue weighted by Gasteiger charge is 2.21. The van der Waals surface area contributed by atoms with Crippen LogP contribution in [0, 0.1) is 0 Å². The van der Waals surface area contributed by atoms with Crippen molar-refractivity contribution >= 4 is 23.2 Å². The van der Waals surface area contributed by atoms with Crippen LogP contribution >= 0.6 is 23.2 Å². The van der Waals surface area contributed by atoms with E-state index in [-0.39, 0.29) is 0 Å². The molecule has 0 heterocycles. The van der Waals surface area contributed by atoms with Crippen molar-refractivity contribution < 1.29 is 4.74 Å². The van der Waals surface area contributed by atoms with Gasteiger partial charge < -0.3 is 10.1 Å². The summed E-state index contributed by atoms with van der Waals surface area (Å²) < 4.78 is 5.80. The van der Waals surface area contributed by atoms with Gasteiger partial charge in [0, 0.05) is 23.2 Å². The van der Waals surface area contributed by atoms with Crippen LogP contribution in [0.3, 0.4) is 0 Å². The molecule has 0 atom stereocenters. The Morgan fingerprint density at radius 1 is 1.42 bits per heavy atom. The fourth-order valence-electron chi connectivity index (χ4n) is 1.72. The van der Waals surface area contributed by atoms with Crippen molar-refractivity contribution in [2.24, 2.45) is 0 Å². The van der Waals surface area contributed by atoms with Gasteiger partial charge in [-0.15, -0.1) is 0 Å². The highest BCUT2D eigenvalue weighted by atomic mass is 35.5. The molecular formula is C15H19Cl2NO. The molecule has 0 radical (unpaired) electrons. The molecule has 2 rings (SSSR count). The van der Waals surface area contributed by atoms with Crippen LogP contribution in [0.4, 0.5) is 0 Å². The lowest BCUT2D eigenvalue weighted by Gasteiger charge is -2.15. The summed E-state index contributed by atoms with van der Waals surface area (Å²) in [4.78, 5) is 0. The van der Waals surface area contributed by atoms with Gasteiger partial charge in [-0.25, -0.2) is 0 Å². The largest absolute Gasteiger partial charge is 0.487 e. The lowest BCUT2D eigenvalue weighted by molar-refractivity contribution is 0.344. The minimum atomic E-state index is 0.494. The molecule has 1 aliphatic rings. The normalized spacial score (nSPS) is 14.5. The van der Waals surface area contributed by atoms with E-state index in [1.165, 1.54) is 12.8 Å². The van der Waals surface area contributed by atoms with E-state index in [1.54, 1.807) is 6.07 Å². The van der Waals surface area contributed by atoms with Gasteiger partial charge in [-0.1, -0.05) is 36.7 Å². The van der Waals surface area contributed by atoms with E-state index in [2.05, 4.69) is 18.8 Å². The summed E-state index contributed by atoms with van der Waals surface area (Å²) in [6, 6.07) is 4.26. The second kappa shape index (κ2) is 6.65. The Labute approximate surface area is 124 Å². The molecule has 104 valence electrons. The Balaban J connectivity index is 2.10. The minimum absolute atomic E-state index is 0.494. The highest BCUT2D eigenvalue weighted by Crippen LogP contribution is 2.33. The van der Waals surface area contributed by atoms with Gasteiger partial charge in [0.05, 0.1) is 5.02 Å². The van der Waals surface area contributed by atoms with Gasteiger partial charge in [-0.05, 0) is 37.0 Å². The Kier molecular flexibility index (Phi) is 5.14. The van der Waals surface area contributed by atoms with Crippen LogP contribution in [0.25, 0.3) is 0 Å². The maximum absolute atomic E-state index is 6.23. The van der Waals surface area contributed by atoms with Crippen molar-refractivity contribution in [3.63, 3.8) is 0 Å². The van der Waals surface area contributed by atoms with E-state index < -0.39 is 0 Å². The smallest absolute Gasteiger partial charge is 0.142 e. The summed E-state index contributed by atoms with van der Waals surface area (Å²) in [7, 11) is 0. The SMILES string of the molecule is C=C(CC)COc1c(Cl)cc(Cl)cc1CNC1CC1. The molecule has 0 spiro atoms. The van der Waals surface area contributed by atoms with Crippen LogP contribution in [0.15, 0.2) is 24.3 Å². The third kappa shape index (κ3) is 4.41. The molecule has 1 N–H and O–H groups in total. The molecule has 0 amide bonds. The van der Waals surface area contributed by atoms with E-state index in [1.807, 2.05) is 6.07 Å². The Morgan fingerprint density at radius 3 is 2.79 bits per heavy atom. The predicted molar refractivity (Wildman–Crippen MR) is 81.2 cm³/mol. The summed E-state index contributed by atoms with van der Waals surface area (Å²) >= 11 is 12.3. The lowest BCUT2D eigenvalue weighted by atomic mass is 10.2. The molecule has 1 aliphatic carbocycles. The fourth-order valence-corrected chi connectivity index (χ4v) is 2.31. The van der Waals surface area contributed by atoms with Crippen molar-refractivity contribution in [1.82, 2.24) is 5.32 Å². The maximum Gasteiger partial charge on any atom is 0.142 e. The minimum Gasteiger partial charge on any atom is -0.487 e. The number of benzene rings is 1. The molecule has 0 saturated heterocycles. The fraction of sp³-hybridized carbons (Fsp3) is 0.467. The molecule has 0 aromatic heterocycles. The first-order valence-electron chi connectivity index (χ1n) is 6.61. The van der Waals surface area contributed by atoms with Crippen molar-refractivity contribution in [3.05, 3.63) is 39.9 Å². The average molecular weight is 300 g/mol. The zero-order valence-electron chi connectivity index (χ0n) is 11.1. The van der Waals surface area contributed by atoms with Crippen LogP contribution in [-0.4, -0.2) is 12.6 Å². The van der Waals surface area contributed by atoms with Gasteiger partial charge in [-0.3, -0.25) is 0 Å². The standard InChI is InChI=1S/C15H19Cl2NO/c1-3-10(2)9-19-15-11(8-18-13-4-5-13)6-12(16)7-14(15)17/h6-7,13,18H,2-5,8-9H2,1H3. The Bertz CT molecular complexity index is 469. The van der Waals surface area contributed by atoms with Gasteiger partial charge in [-0.2, -0.15) is 0 Å². The highest BCUT2D eigenvalue weighted by molar-refractivity contribution is 6.35. The molecule has 1 saturated carbocycles. The first kappa shape index (κ1) is 14.7. The number of nitrogens with one attached hydrogen (secondary N) is 1. The van der Waals surface area contributed by atoms with Crippen molar-refractivity contribution in [2.75, 3.05) is 6.61 Å². The molecule has 1 fully saturated rings. The number of rotatable bonds is 7. The van der Waals surface area contributed by atoms with E-state index in [9.17, 15) is 0 Å². The summed E-state index contributed by atoms with van der Waals surface area (Å²) in [6.45, 7) is 7.23. The second-order valence-electron chi connectivity index (χ2n) is 4.92. The molecule has 0 unspecified atom stereocenters. The first-order valence-corrected chi connectivity index (χ1v) is 7.36. The second-order valence-corrected chi connectivity index (χ2v) is 5.77. The van der Waals surface area contributed by atoms with Gasteiger partial charge in [0.25, 0.3) is 0 Å². The van der Waals surface area contributed by atoms with E-state index in [0.717, 1.165) is 24.1 Å². The van der Waals surface area contributed by atoms with Gasteiger partial charge in [0.15, 0.2) is 0 Å². The van der Waals surface area contributed by atoms with Crippen molar-refractivity contribution in [3.8, 4) is 5.75 Å². The van der Waals surface area contributed by atoms with Gasteiger partial charge in [0.2, 0.25) is 0 Å². The third-order valence-corrected chi connectivity index (χ3v) is 3.66. The monoisotopic (exact) mass is 299 g/mol. The summed E-state index contributed by atoms with van der Waals surface area (Å²) in [5, 5.41) is 4.65. The summed E-state index contributed by atoms with van der Waals surface area (Å²) in [6.07, 6.45) is 3.40. The molecule has 0 bridgehead atoms. The summed E-state index contributed by atoms with van der Waals surface area (Å²) in [5.74, 6) is 0.716. The van der Waals surface area contributed by atoms with E-state index in [4.69, 9.17) is 27.9 Å². The molecule has 2 nitrogen and oxygen atoms in total. The average Bonchev–Trinajstić information content (AvgIpc) is 3.18. The number of ether oxygens (including phenoxy) is 1. The molecule has 4 heteroatoms. The molecule has 19 heavy (non-hydrogen) atoms. The zero-order chi connectivity index (χ0) is 13.8. The van der Waals surface area contributed by atoms with Crippen molar-refractivity contribution in [1.29, 1.82) is 0 Å². The van der Waals surface area contributed by atoms with E-state index in [0.29, 0.717) is 28.4 Å². The topological polar surface area (TPSA) is 21.3 Å². The van der Waals surface area contributed by atoms with Crippen LogP contribution in [0.2, 0.25) is 10.0 Å². The molecule has 1 aromatic carbocycles. The lowest BCUT2D eigenvalue weighted by Crippen LogP contribution is -2.16. The quantitative estimate of drug-likeness (QED) is 0.744. The van der Waals surface area contributed by atoms with E-state index >= 15 is 0 Å². The number of hydrogen-bond donors (Lipinski definition) is 1. The third-order valence-electron chi connectivity index (χ3n) is 3.16. The number of hydrogen-bond acceptors (Lipinski definition) is 2. The molecular weight excluding hydrogens is 281 g/mol. The zero-order valence-corrected chi connectivity index (χ0v) is 12.7. The first-order chi connectivity index (χ1) is 9.10.